The Balaban J connectivity index is 2.60. The molecule has 1 fully saturated rings. The maximum atomic E-state index is 10.8. The number of hydrogen-bond donors (Lipinski definition) is 2. The van der Waals surface area contributed by atoms with E-state index in [0.29, 0.717) is 12.5 Å². The molecule has 0 radical (unpaired) electrons. The van der Waals surface area contributed by atoms with Crippen molar-refractivity contribution in [2.45, 2.75) is 19.9 Å². The van der Waals surface area contributed by atoms with Crippen LogP contribution in [0.25, 0.3) is 0 Å². The van der Waals surface area contributed by atoms with Crippen molar-refractivity contribution in [3.05, 3.63) is 0 Å². The molecule has 0 spiro atoms. The predicted octanol–water partition coefficient (Wildman–Crippen LogP) is 0.594. The summed E-state index contributed by atoms with van der Waals surface area (Å²) in [5, 5.41) is 12.1. The number of carbonyl (C=O) groups is 1. The van der Waals surface area contributed by atoms with Crippen LogP contribution in [0.4, 0.5) is 4.79 Å². The van der Waals surface area contributed by atoms with Crippen molar-refractivity contribution in [1.29, 1.82) is 0 Å². The molecule has 1 atom stereocenters. The van der Waals surface area contributed by atoms with Gasteiger partial charge in [0.2, 0.25) is 0 Å². The van der Waals surface area contributed by atoms with Gasteiger partial charge in [-0.05, 0) is 5.92 Å². The highest BCUT2D eigenvalue weighted by Gasteiger charge is 2.27. The first-order chi connectivity index (χ1) is 5.63. The van der Waals surface area contributed by atoms with Crippen LogP contribution in [-0.2, 0) is 0 Å². The lowest BCUT2D eigenvalue weighted by Gasteiger charge is -2.36. The lowest BCUT2D eigenvalue weighted by atomic mass is 10.0. The second kappa shape index (κ2) is 3.76. The first-order valence-electron chi connectivity index (χ1n) is 4.33. The fraction of sp³-hybridized carbons (Fsp3) is 0.875. The Morgan fingerprint density at radius 1 is 1.67 bits per heavy atom. The number of amides is 1. The number of rotatable bonds is 1. The van der Waals surface area contributed by atoms with Crippen LogP contribution in [0.15, 0.2) is 0 Å². The Bertz CT molecular complexity index is 170. The van der Waals surface area contributed by atoms with Crippen molar-refractivity contribution in [3.8, 4) is 0 Å². The minimum Gasteiger partial charge on any atom is -0.465 e. The van der Waals surface area contributed by atoms with E-state index in [-0.39, 0.29) is 6.04 Å². The van der Waals surface area contributed by atoms with Gasteiger partial charge < -0.3 is 15.3 Å². The van der Waals surface area contributed by atoms with Crippen LogP contribution in [0, 0.1) is 5.92 Å². The molecule has 0 unspecified atom stereocenters. The molecular weight excluding hydrogens is 156 g/mol. The van der Waals surface area contributed by atoms with Gasteiger partial charge in [0, 0.05) is 25.7 Å². The van der Waals surface area contributed by atoms with Crippen molar-refractivity contribution < 1.29 is 9.90 Å². The minimum atomic E-state index is -0.796. The topological polar surface area (TPSA) is 52.6 Å². The van der Waals surface area contributed by atoms with Gasteiger partial charge in [-0.3, -0.25) is 0 Å². The van der Waals surface area contributed by atoms with Crippen LogP contribution in [0.5, 0.6) is 0 Å². The quantitative estimate of drug-likeness (QED) is 0.608. The van der Waals surface area contributed by atoms with Crippen molar-refractivity contribution >= 4 is 6.09 Å². The molecule has 70 valence electrons. The van der Waals surface area contributed by atoms with E-state index in [0.717, 1.165) is 13.1 Å². The van der Waals surface area contributed by atoms with Gasteiger partial charge in [-0.1, -0.05) is 13.8 Å². The van der Waals surface area contributed by atoms with Crippen LogP contribution >= 0.6 is 0 Å². The number of piperazine rings is 1. The zero-order chi connectivity index (χ0) is 9.14. The number of nitrogens with zero attached hydrogens (tertiary/aromatic N) is 1. The summed E-state index contributed by atoms with van der Waals surface area (Å²) in [7, 11) is 0. The molecule has 2 N–H and O–H groups in total. The molecule has 0 aromatic carbocycles. The first kappa shape index (κ1) is 9.32. The van der Waals surface area contributed by atoms with Gasteiger partial charge in [-0.2, -0.15) is 0 Å². The fourth-order valence-corrected chi connectivity index (χ4v) is 1.56. The lowest BCUT2D eigenvalue weighted by molar-refractivity contribution is 0.0961. The van der Waals surface area contributed by atoms with E-state index in [1.165, 1.54) is 4.90 Å². The van der Waals surface area contributed by atoms with E-state index >= 15 is 0 Å². The average molecular weight is 172 g/mol. The molecule has 1 aliphatic heterocycles. The first-order valence-corrected chi connectivity index (χ1v) is 4.33. The normalized spacial score (nSPS) is 24.6. The van der Waals surface area contributed by atoms with E-state index in [4.69, 9.17) is 5.11 Å². The second-order valence-corrected chi connectivity index (χ2v) is 3.49. The standard InChI is InChI=1S/C8H16N2O2/c1-6(2)7-5-9-3-4-10(7)8(11)12/h6-7,9H,3-5H2,1-2H3,(H,11,12)/t7-/m0/s1. The summed E-state index contributed by atoms with van der Waals surface area (Å²) >= 11 is 0. The van der Waals surface area contributed by atoms with Gasteiger partial charge >= 0.3 is 6.09 Å². The highest BCUT2D eigenvalue weighted by Crippen LogP contribution is 2.12. The molecule has 1 rings (SSSR count). The van der Waals surface area contributed by atoms with Crippen molar-refractivity contribution in [3.63, 3.8) is 0 Å². The molecule has 0 saturated carbocycles. The third kappa shape index (κ3) is 1.88. The Morgan fingerprint density at radius 3 is 2.75 bits per heavy atom. The number of carboxylic acid groups (broad SMARTS) is 1. The number of hydrogen-bond acceptors (Lipinski definition) is 2. The monoisotopic (exact) mass is 172 g/mol. The van der Waals surface area contributed by atoms with Crippen LogP contribution in [-0.4, -0.2) is 41.8 Å². The summed E-state index contributed by atoms with van der Waals surface area (Å²) in [6.07, 6.45) is -0.796. The molecule has 0 bridgehead atoms. The largest absolute Gasteiger partial charge is 0.465 e. The molecule has 12 heavy (non-hydrogen) atoms. The molecule has 4 heteroatoms. The van der Waals surface area contributed by atoms with Gasteiger partial charge in [0.15, 0.2) is 0 Å². The smallest absolute Gasteiger partial charge is 0.407 e. The predicted molar refractivity (Wildman–Crippen MR) is 46.2 cm³/mol. The van der Waals surface area contributed by atoms with Crippen LogP contribution < -0.4 is 5.32 Å². The van der Waals surface area contributed by atoms with Crippen molar-refractivity contribution in [2.24, 2.45) is 5.92 Å². The molecule has 0 aliphatic carbocycles. The van der Waals surface area contributed by atoms with E-state index < -0.39 is 6.09 Å². The summed E-state index contributed by atoms with van der Waals surface area (Å²) in [5.74, 6) is 0.383. The molecule has 0 aromatic rings. The highest BCUT2D eigenvalue weighted by molar-refractivity contribution is 5.65. The molecule has 4 nitrogen and oxygen atoms in total. The van der Waals surface area contributed by atoms with E-state index in [1.807, 2.05) is 13.8 Å². The maximum Gasteiger partial charge on any atom is 0.407 e. The van der Waals surface area contributed by atoms with Crippen molar-refractivity contribution in [2.75, 3.05) is 19.6 Å². The van der Waals surface area contributed by atoms with Crippen LogP contribution in [0.3, 0.4) is 0 Å². The summed E-state index contributed by atoms with van der Waals surface area (Å²) in [6, 6.07) is 0.135. The minimum absolute atomic E-state index is 0.135. The zero-order valence-electron chi connectivity index (χ0n) is 7.58. The molecule has 1 heterocycles. The Morgan fingerprint density at radius 2 is 2.33 bits per heavy atom. The van der Waals surface area contributed by atoms with Crippen LogP contribution in [0.2, 0.25) is 0 Å². The SMILES string of the molecule is CC(C)[C@@H]1CNCCN1C(=O)O. The molecule has 1 amide bonds. The van der Waals surface area contributed by atoms with Crippen LogP contribution in [0.1, 0.15) is 13.8 Å². The van der Waals surface area contributed by atoms with E-state index in [1.54, 1.807) is 0 Å². The van der Waals surface area contributed by atoms with Gasteiger partial charge in [0.25, 0.3) is 0 Å². The summed E-state index contributed by atoms with van der Waals surface area (Å²) in [4.78, 5) is 12.3. The molecule has 1 aliphatic rings. The van der Waals surface area contributed by atoms with E-state index in [2.05, 4.69) is 5.32 Å². The van der Waals surface area contributed by atoms with Gasteiger partial charge in [0.1, 0.15) is 0 Å². The third-order valence-electron chi connectivity index (χ3n) is 2.30. The fourth-order valence-electron chi connectivity index (χ4n) is 1.56. The number of nitrogens with one attached hydrogen (secondary N) is 1. The second-order valence-electron chi connectivity index (χ2n) is 3.49. The average Bonchev–Trinajstić information content (AvgIpc) is 2.04. The maximum absolute atomic E-state index is 10.8. The van der Waals surface area contributed by atoms with Crippen molar-refractivity contribution in [1.82, 2.24) is 10.2 Å². The summed E-state index contributed by atoms with van der Waals surface area (Å²) < 4.78 is 0. The molecule has 1 saturated heterocycles. The molecular formula is C8H16N2O2. The summed E-state index contributed by atoms with van der Waals surface area (Å²) in [6.45, 7) is 6.26. The highest BCUT2D eigenvalue weighted by atomic mass is 16.4. The van der Waals surface area contributed by atoms with E-state index in [9.17, 15) is 4.79 Å². The Kier molecular flexibility index (Phi) is 2.92. The van der Waals surface area contributed by atoms with Gasteiger partial charge in [-0.15, -0.1) is 0 Å². The lowest BCUT2D eigenvalue weighted by Crippen LogP contribution is -2.55. The third-order valence-corrected chi connectivity index (χ3v) is 2.30. The zero-order valence-corrected chi connectivity index (χ0v) is 7.58. The Labute approximate surface area is 72.6 Å². The molecule has 0 aromatic heterocycles. The van der Waals surface area contributed by atoms with Gasteiger partial charge in [0.05, 0.1) is 0 Å². The van der Waals surface area contributed by atoms with Gasteiger partial charge in [-0.25, -0.2) is 4.79 Å². The Hall–Kier alpha value is -0.770. The summed E-state index contributed by atoms with van der Waals surface area (Å²) in [5.41, 5.74) is 0.